The van der Waals surface area contributed by atoms with E-state index < -0.39 is 0 Å². The predicted molar refractivity (Wildman–Crippen MR) is 135 cm³/mol. The van der Waals surface area contributed by atoms with E-state index in [1.54, 1.807) is 0 Å². The third-order valence-electron chi connectivity index (χ3n) is 7.04. The Morgan fingerprint density at radius 2 is 1.16 bits per heavy atom. The molecule has 0 N–H and O–H groups in total. The van der Waals surface area contributed by atoms with Crippen molar-refractivity contribution in [2.24, 2.45) is 0 Å². The molecule has 0 fully saturated rings. The van der Waals surface area contributed by atoms with E-state index in [4.69, 9.17) is 0 Å². The summed E-state index contributed by atoms with van der Waals surface area (Å²) >= 11 is 0. The van der Waals surface area contributed by atoms with Gasteiger partial charge in [-0.2, -0.15) is 0 Å². The van der Waals surface area contributed by atoms with Crippen LogP contribution in [-0.2, 0) is 5.41 Å². The second-order valence-electron chi connectivity index (χ2n) is 8.90. The van der Waals surface area contributed by atoms with Crippen LogP contribution in [0, 0.1) is 0 Å². The van der Waals surface area contributed by atoms with Gasteiger partial charge in [0.05, 0.1) is 0 Å². The molecule has 0 saturated carbocycles. The van der Waals surface area contributed by atoms with Crippen LogP contribution < -0.4 is 0 Å². The van der Waals surface area contributed by atoms with Crippen LogP contribution in [0.1, 0.15) is 67.2 Å². The Bertz CT molecular complexity index is 1020. The van der Waals surface area contributed by atoms with Gasteiger partial charge in [0, 0.05) is 17.8 Å². The van der Waals surface area contributed by atoms with Gasteiger partial charge in [0.25, 0.3) is 0 Å². The Kier molecular flexibility index (Phi) is 7.17. The van der Waals surface area contributed by atoms with Gasteiger partial charge in [0.2, 0.25) is 0 Å². The first kappa shape index (κ1) is 22.0. The summed E-state index contributed by atoms with van der Waals surface area (Å²) in [4.78, 5) is 4.22. The molecule has 2 atom stereocenters. The van der Waals surface area contributed by atoms with Gasteiger partial charge in [-0.25, -0.2) is 0 Å². The molecule has 0 spiro atoms. The Balaban J connectivity index is 1.77. The molecule has 0 aliphatic rings. The maximum atomic E-state index is 4.22. The predicted octanol–water partition coefficient (Wildman–Crippen LogP) is 8.15. The molecular weight excluding hydrogens is 386 g/mol. The second kappa shape index (κ2) is 10.4. The summed E-state index contributed by atoms with van der Waals surface area (Å²) in [5, 5.41) is 0. The molecule has 4 rings (SSSR count). The number of nitrogens with zero attached hydrogens (tertiary/aromatic N) is 1. The first-order valence-electron chi connectivity index (χ1n) is 11.8. The minimum Gasteiger partial charge on any atom is -0.265 e. The van der Waals surface area contributed by atoms with Crippen molar-refractivity contribution in [3.05, 3.63) is 138 Å². The number of rotatable bonds is 9. The Labute approximate surface area is 193 Å². The van der Waals surface area contributed by atoms with E-state index in [0.29, 0.717) is 11.8 Å². The zero-order valence-corrected chi connectivity index (χ0v) is 19.2. The molecule has 4 aromatic rings. The fourth-order valence-corrected chi connectivity index (χ4v) is 5.21. The lowest BCUT2D eigenvalue weighted by molar-refractivity contribution is 0.383. The highest BCUT2D eigenvalue weighted by molar-refractivity contribution is 5.40. The normalized spacial score (nSPS) is 13.4. The number of hydrogen-bond donors (Lipinski definition) is 0. The highest BCUT2D eigenvalue weighted by atomic mass is 14.6. The highest BCUT2D eigenvalue weighted by Crippen LogP contribution is 2.46. The zero-order chi connectivity index (χ0) is 22.2. The molecule has 1 heterocycles. The van der Waals surface area contributed by atoms with E-state index in [1.807, 2.05) is 12.4 Å². The van der Waals surface area contributed by atoms with Gasteiger partial charge in [-0.05, 0) is 65.5 Å². The van der Waals surface area contributed by atoms with Crippen LogP contribution in [0.3, 0.4) is 0 Å². The molecule has 1 aromatic heterocycles. The van der Waals surface area contributed by atoms with Crippen molar-refractivity contribution in [1.29, 1.82) is 0 Å². The van der Waals surface area contributed by atoms with Crippen LogP contribution >= 0.6 is 0 Å². The van der Waals surface area contributed by atoms with Gasteiger partial charge in [0.15, 0.2) is 0 Å². The molecule has 1 nitrogen and oxygen atoms in total. The van der Waals surface area contributed by atoms with Crippen molar-refractivity contribution in [3.63, 3.8) is 0 Å². The van der Waals surface area contributed by atoms with Crippen molar-refractivity contribution in [1.82, 2.24) is 4.98 Å². The summed E-state index contributed by atoms with van der Waals surface area (Å²) < 4.78 is 0. The summed E-state index contributed by atoms with van der Waals surface area (Å²) in [7, 11) is 0. The van der Waals surface area contributed by atoms with Crippen LogP contribution in [0.25, 0.3) is 0 Å². The zero-order valence-electron chi connectivity index (χ0n) is 19.2. The van der Waals surface area contributed by atoms with Gasteiger partial charge >= 0.3 is 0 Å². The summed E-state index contributed by atoms with van der Waals surface area (Å²) in [5.74, 6) is 0.907. The van der Waals surface area contributed by atoms with E-state index in [-0.39, 0.29) is 5.41 Å². The average Bonchev–Trinajstić information content (AvgIpc) is 2.88. The number of benzene rings is 3. The lowest BCUT2D eigenvalue weighted by atomic mass is 9.65. The van der Waals surface area contributed by atoms with E-state index in [2.05, 4.69) is 122 Å². The summed E-state index contributed by atoms with van der Waals surface area (Å²) in [6, 6.07) is 37.6. The standard InChI is InChI=1S/C31H33N/c1-3-31(29-15-9-5-10-16-29,30-17-11-6-12-18-30)24-28(27-13-7-4-8-14-27)23-25(2)26-19-21-32-22-20-26/h4-22,25,28H,3,23-24H2,1-2H3. The molecule has 0 radical (unpaired) electrons. The molecule has 0 aliphatic carbocycles. The average molecular weight is 420 g/mol. The van der Waals surface area contributed by atoms with Crippen molar-refractivity contribution >= 4 is 0 Å². The number of aromatic nitrogens is 1. The SMILES string of the molecule is CCC(CC(CC(C)c1ccncc1)c1ccccc1)(c1ccccc1)c1ccccc1. The largest absolute Gasteiger partial charge is 0.265 e. The van der Waals surface area contributed by atoms with Gasteiger partial charge in [0.1, 0.15) is 0 Å². The van der Waals surface area contributed by atoms with E-state index >= 15 is 0 Å². The monoisotopic (exact) mass is 419 g/mol. The van der Waals surface area contributed by atoms with Crippen LogP contribution in [0.2, 0.25) is 0 Å². The first-order chi connectivity index (χ1) is 15.7. The van der Waals surface area contributed by atoms with Crippen LogP contribution in [0.5, 0.6) is 0 Å². The molecule has 3 aromatic carbocycles. The van der Waals surface area contributed by atoms with Gasteiger partial charge in [-0.3, -0.25) is 4.98 Å². The third-order valence-corrected chi connectivity index (χ3v) is 7.04. The van der Waals surface area contributed by atoms with Gasteiger partial charge in [-0.1, -0.05) is 105 Å². The van der Waals surface area contributed by atoms with Crippen molar-refractivity contribution < 1.29 is 0 Å². The number of pyridine rings is 1. The van der Waals surface area contributed by atoms with E-state index in [0.717, 1.165) is 19.3 Å². The minimum absolute atomic E-state index is 0.0268. The van der Waals surface area contributed by atoms with Crippen LogP contribution in [0.15, 0.2) is 116 Å². The van der Waals surface area contributed by atoms with E-state index in [1.165, 1.54) is 22.3 Å². The molecule has 0 saturated heterocycles. The lowest BCUT2D eigenvalue weighted by Gasteiger charge is -2.38. The fraction of sp³-hybridized carbons (Fsp3) is 0.258. The fourth-order valence-electron chi connectivity index (χ4n) is 5.21. The molecule has 0 aliphatic heterocycles. The molecular formula is C31H33N. The smallest absolute Gasteiger partial charge is 0.0270 e. The summed E-state index contributed by atoms with van der Waals surface area (Å²) in [5.41, 5.74) is 5.58. The van der Waals surface area contributed by atoms with Gasteiger partial charge < -0.3 is 0 Å². The summed E-state index contributed by atoms with van der Waals surface area (Å²) in [6.07, 6.45) is 7.07. The van der Waals surface area contributed by atoms with Crippen molar-refractivity contribution in [2.75, 3.05) is 0 Å². The second-order valence-corrected chi connectivity index (χ2v) is 8.90. The van der Waals surface area contributed by atoms with Crippen molar-refractivity contribution in [3.8, 4) is 0 Å². The molecule has 0 bridgehead atoms. The molecule has 162 valence electrons. The van der Waals surface area contributed by atoms with Crippen LogP contribution in [0.4, 0.5) is 0 Å². The third kappa shape index (κ3) is 4.83. The Morgan fingerprint density at radius 3 is 1.66 bits per heavy atom. The lowest BCUT2D eigenvalue weighted by Crippen LogP contribution is -2.30. The summed E-state index contributed by atoms with van der Waals surface area (Å²) in [6.45, 7) is 4.69. The van der Waals surface area contributed by atoms with E-state index in [9.17, 15) is 0 Å². The van der Waals surface area contributed by atoms with Gasteiger partial charge in [-0.15, -0.1) is 0 Å². The molecule has 32 heavy (non-hydrogen) atoms. The minimum atomic E-state index is -0.0268. The van der Waals surface area contributed by atoms with Crippen LogP contribution in [-0.4, -0.2) is 4.98 Å². The topological polar surface area (TPSA) is 12.9 Å². The molecule has 2 unspecified atom stereocenters. The quantitative estimate of drug-likeness (QED) is 0.267. The highest BCUT2D eigenvalue weighted by Gasteiger charge is 2.36. The molecule has 1 heteroatoms. The maximum Gasteiger partial charge on any atom is 0.0270 e. The Hall–Kier alpha value is -3.19. The molecule has 0 amide bonds. The number of hydrogen-bond acceptors (Lipinski definition) is 1. The first-order valence-corrected chi connectivity index (χ1v) is 11.8. The Morgan fingerprint density at radius 1 is 0.656 bits per heavy atom. The van der Waals surface area contributed by atoms with Crippen molar-refractivity contribution in [2.45, 2.75) is 50.4 Å². The maximum absolute atomic E-state index is 4.22.